The van der Waals surface area contributed by atoms with Gasteiger partial charge in [-0.15, -0.1) is 0 Å². The van der Waals surface area contributed by atoms with E-state index in [-0.39, 0.29) is 28.5 Å². The van der Waals surface area contributed by atoms with E-state index in [0.29, 0.717) is 0 Å². The fourth-order valence-corrected chi connectivity index (χ4v) is 13.3. The monoisotopic (exact) mass is 936 g/mol. The number of rotatable bonds is 2. The lowest BCUT2D eigenvalue weighted by Crippen LogP contribution is -2.60. The fourth-order valence-electron chi connectivity index (χ4n) is 13.3. The third-order valence-electron chi connectivity index (χ3n) is 17.3. The Balaban J connectivity index is 1.14. The van der Waals surface area contributed by atoms with E-state index in [1.807, 2.05) is 0 Å². The Kier molecular flexibility index (Phi) is 8.07. The molecule has 0 amide bonds. The maximum atomic E-state index is 7.30. The predicted molar refractivity (Wildman–Crippen MR) is 302 cm³/mol. The van der Waals surface area contributed by atoms with Crippen molar-refractivity contribution in [1.82, 2.24) is 4.57 Å². The molecule has 0 saturated carbocycles. The van der Waals surface area contributed by atoms with E-state index < -0.39 is 0 Å². The quantitative estimate of drug-likeness (QED) is 0.162. The van der Waals surface area contributed by atoms with Crippen LogP contribution >= 0.6 is 0 Å². The Bertz CT molecular complexity index is 4350. The SMILES string of the molecule is CC(C)(C)c1ccc(N2B3c4cc5cc(-c6ccccc6)oc5cc4-n4c5ccc(C(C)(C)C)cc5c5c6oc7ccccc7c6c(c3c54)-c3cc4c(cc32)oc2cc3c(cc24)C(C)(C)CCC3(C)C)cc1. The number of anilines is 2. The van der Waals surface area contributed by atoms with Crippen molar-refractivity contribution < 1.29 is 13.3 Å². The topological polar surface area (TPSA) is 47.6 Å². The largest absolute Gasteiger partial charge is 0.456 e. The molecule has 0 atom stereocenters. The van der Waals surface area contributed by atoms with E-state index in [0.717, 1.165) is 102 Å². The number of hydrogen-bond acceptors (Lipinski definition) is 4. The van der Waals surface area contributed by atoms with Crippen LogP contribution in [0.3, 0.4) is 0 Å². The smallest absolute Gasteiger partial charge is 0.333 e. The van der Waals surface area contributed by atoms with Crippen molar-refractivity contribution >= 4 is 106 Å². The molecular weight excluding hydrogens is 880 g/mol. The van der Waals surface area contributed by atoms with Crippen molar-refractivity contribution in [2.75, 3.05) is 4.81 Å². The molecule has 15 rings (SSSR count). The van der Waals surface area contributed by atoms with Gasteiger partial charge in [-0.3, -0.25) is 0 Å². The molecule has 0 radical (unpaired) electrons. The minimum atomic E-state index is -0.238. The first-order chi connectivity index (χ1) is 34.4. The standard InChI is InChI=1S/C66H57BN2O3/c1-63(2,3)38-20-23-40(24-21-38)69-50-34-56-42(43-32-46-47(33-55(43)71-56)66(9,10)27-26-65(46,7)8)31-45(50)57-58-41-18-14-15-19-52(41)72-62(58)59-44-30-39(64(4,5)6)22-25-49(44)68-51-35-54-37(28-48(51)67(69)60(57)61(59)68)29-53(70-54)36-16-12-11-13-17-36/h11-25,28-35H,26-27H2,1-10H3. The molecule has 4 aromatic heterocycles. The first-order valence-electron chi connectivity index (χ1n) is 26.0. The summed E-state index contributed by atoms with van der Waals surface area (Å²) in [6.07, 6.45) is 2.29. The van der Waals surface area contributed by atoms with Crippen molar-refractivity contribution in [2.45, 2.75) is 104 Å². The normalized spacial score (nSPS) is 16.0. The lowest BCUT2D eigenvalue weighted by atomic mass is 9.43. The summed E-state index contributed by atoms with van der Waals surface area (Å²) in [4.78, 5) is 2.63. The van der Waals surface area contributed by atoms with E-state index >= 15 is 0 Å². The summed E-state index contributed by atoms with van der Waals surface area (Å²) in [5.74, 6) is 0.858. The summed E-state index contributed by atoms with van der Waals surface area (Å²) in [5.41, 5.74) is 21.6. The number of para-hydroxylation sites is 1. The summed E-state index contributed by atoms with van der Waals surface area (Å²) < 4.78 is 23.9. The van der Waals surface area contributed by atoms with E-state index in [1.54, 1.807) is 0 Å². The van der Waals surface area contributed by atoms with Gasteiger partial charge >= 0.3 is 6.85 Å². The summed E-state index contributed by atoms with van der Waals surface area (Å²) in [7, 11) is 0. The van der Waals surface area contributed by atoms with Gasteiger partial charge in [-0.05, 0) is 128 Å². The highest BCUT2D eigenvalue weighted by molar-refractivity contribution is 6.94. The lowest BCUT2D eigenvalue weighted by Gasteiger charge is -2.42. The van der Waals surface area contributed by atoms with Crippen LogP contribution in [0.4, 0.5) is 11.4 Å². The molecule has 0 fully saturated rings. The van der Waals surface area contributed by atoms with Crippen LogP contribution in [-0.2, 0) is 21.7 Å². The number of nitrogens with zero attached hydrogens (tertiary/aromatic N) is 2. The van der Waals surface area contributed by atoms with E-state index in [9.17, 15) is 0 Å². The second kappa shape index (κ2) is 13.7. The molecule has 1 aliphatic carbocycles. The molecule has 0 bridgehead atoms. The van der Waals surface area contributed by atoms with Crippen LogP contribution in [-0.4, -0.2) is 11.4 Å². The molecule has 0 saturated heterocycles. The highest BCUT2D eigenvalue weighted by atomic mass is 16.3. The van der Waals surface area contributed by atoms with Gasteiger partial charge in [-0.1, -0.05) is 142 Å². The van der Waals surface area contributed by atoms with Crippen molar-refractivity contribution in [3.05, 3.63) is 162 Å². The van der Waals surface area contributed by atoms with Crippen LogP contribution < -0.4 is 15.7 Å². The average molecular weight is 937 g/mol. The third-order valence-corrected chi connectivity index (χ3v) is 17.3. The third kappa shape index (κ3) is 5.61. The molecule has 12 aromatic rings. The van der Waals surface area contributed by atoms with Gasteiger partial charge in [-0.25, -0.2) is 0 Å². The van der Waals surface area contributed by atoms with Crippen LogP contribution in [0.5, 0.6) is 0 Å². The Morgan fingerprint density at radius 3 is 1.94 bits per heavy atom. The first-order valence-corrected chi connectivity index (χ1v) is 26.0. The Labute approximate surface area is 420 Å². The van der Waals surface area contributed by atoms with Crippen LogP contribution in [0, 0.1) is 0 Å². The number of furan rings is 3. The second-order valence-electron chi connectivity index (χ2n) is 24.8. The zero-order valence-electron chi connectivity index (χ0n) is 42.9. The maximum absolute atomic E-state index is 7.30. The molecular formula is C66H57BN2O3. The van der Waals surface area contributed by atoms with Crippen LogP contribution in [0.15, 0.2) is 153 Å². The molecule has 5 nitrogen and oxygen atoms in total. The molecule has 72 heavy (non-hydrogen) atoms. The van der Waals surface area contributed by atoms with E-state index in [2.05, 4.69) is 218 Å². The molecule has 352 valence electrons. The predicted octanol–water partition coefficient (Wildman–Crippen LogP) is 17.2. The van der Waals surface area contributed by atoms with Crippen molar-refractivity contribution in [2.24, 2.45) is 0 Å². The Morgan fingerprint density at radius 2 is 1.19 bits per heavy atom. The van der Waals surface area contributed by atoms with Gasteiger partial charge in [0.05, 0.1) is 16.4 Å². The van der Waals surface area contributed by atoms with Gasteiger partial charge in [-0.2, -0.15) is 0 Å². The molecule has 0 unspecified atom stereocenters. The molecule has 3 aliphatic rings. The van der Waals surface area contributed by atoms with E-state index in [1.165, 1.54) is 60.6 Å². The van der Waals surface area contributed by atoms with Crippen LogP contribution in [0.2, 0.25) is 0 Å². The second-order valence-corrected chi connectivity index (χ2v) is 24.8. The highest BCUT2D eigenvalue weighted by Crippen LogP contribution is 2.54. The zero-order chi connectivity index (χ0) is 49.1. The number of aromatic nitrogens is 1. The lowest BCUT2D eigenvalue weighted by molar-refractivity contribution is 0.332. The number of benzene rings is 8. The highest BCUT2D eigenvalue weighted by Gasteiger charge is 2.47. The van der Waals surface area contributed by atoms with Crippen LogP contribution in [0.1, 0.15) is 104 Å². The fraction of sp³-hybridized carbons (Fsp3) is 0.242. The minimum absolute atomic E-state index is 0.0125. The maximum Gasteiger partial charge on any atom is 0.333 e. The molecule has 0 N–H and O–H groups in total. The summed E-state index contributed by atoms with van der Waals surface area (Å²) >= 11 is 0. The Morgan fingerprint density at radius 1 is 0.528 bits per heavy atom. The first kappa shape index (κ1) is 42.3. The zero-order valence-corrected chi connectivity index (χ0v) is 42.9. The summed E-state index contributed by atoms with van der Waals surface area (Å²) in [6, 6.07) is 52.3. The van der Waals surface area contributed by atoms with Gasteiger partial charge in [0.2, 0.25) is 0 Å². The molecule has 6 heteroatoms. The van der Waals surface area contributed by atoms with Crippen molar-refractivity contribution in [3.8, 4) is 28.1 Å². The summed E-state index contributed by atoms with van der Waals surface area (Å²) in [6.45, 7) is 23.2. The summed E-state index contributed by atoms with van der Waals surface area (Å²) in [5, 5.41) is 8.02. The average Bonchev–Trinajstić information content (AvgIpc) is 4.13. The van der Waals surface area contributed by atoms with Crippen molar-refractivity contribution in [3.63, 3.8) is 0 Å². The molecule has 6 heterocycles. The molecule has 8 aromatic carbocycles. The van der Waals surface area contributed by atoms with Gasteiger partial charge in [0.25, 0.3) is 0 Å². The molecule has 2 aliphatic heterocycles. The van der Waals surface area contributed by atoms with Gasteiger partial charge in [0.1, 0.15) is 33.7 Å². The Hall–Kier alpha value is -7.44. The molecule has 0 spiro atoms. The minimum Gasteiger partial charge on any atom is -0.456 e. The number of hydrogen-bond donors (Lipinski definition) is 0. The van der Waals surface area contributed by atoms with Gasteiger partial charge in [0.15, 0.2) is 0 Å². The van der Waals surface area contributed by atoms with E-state index in [4.69, 9.17) is 13.3 Å². The number of fused-ring (bicyclic) bond motifs is 18. The van der Waals surface area contributed by atoms with Gasteiger partial charge in [0, 0.05) is 72.6 Å². The van der Waals surface area contributed by atoms with Gasteiger partial charge < -0.3 is 22.6 Å². The van der Waals surface area contributed by atoms with Crippen LogP contribution in [0.25, 0.3) is 105 Å². The van der Waals surface area contributed by atoms with Crippen molar-refractivity contribution in [1.29, 1.82) is 0 Å².